The summed E-state index contributed by atoms with van der Waals surface area (Å²) in [5.74, 6) is -0.438. The Hall–Kier alpha value is -1.77. The van der Waals surface area contributed by atoms with Crippen LogP contribution in [0.2, 0.25) is 0 Å². The van der Waals surface area contributed by atoms with E-state index >= 15 is 0 Å². The van der Waals surface area contributed by atoms with E-state index in [2.05, 4.69) is 26.2 Å². The van der Waals surface area contributed by atoms with Crippen molar-refractivity contribution >= 4 is 37.5 Å². The van der Waals surface area contributed by atoms with Crippen LogP contribution >= 0.6 is 15.9 Å². The summed E-state index contributed by atoms with van der Waals surface area (Å²) in [5.41, 5.74) is 1.06. The molecule has 21 heavy (non-hydrogen) atoms. The third-order valence-electron chi connectivity index (χ3n) is 2.71. The first-order valence-electron chi connectivity index (χ1n) is 5.84. The Morgan fingerprint density at radius 1 is 1.29 bits per heavy atom. The number of pyridine rings is 1. The predicted molar refractivity (Wildman–Crippen MR) is 82.4 cm³/mol. The van der Waals surface area contributed by atoms with Crippen LogP contribution in [0.4, 0.5) is 5.69 Å². The lowest BCUT2D eigenvalue weighted by molar-refractivity contribution is 0.102. The maximum Gasteiger partial charge on any atom is 0.274 e. The van der Waals surface area contributed by atoms with Gasteiger partial charge in [0.15, 0.2) is 0 Å². The van der Waals surface area contributed by atoms with Gasteiger partial charge in [0.1, 0.15) is 5.69 Å². The van der Waals surface area contributed by atoms with Crippen molar-refractivity contribution in [2.24, 2.45) is 5.14 Å². The topological polar surface area (TPSA) is 102 Å². The molecular formula is C13H12BrN3O3S. The molecule has 0 aliphatic carbocycles. The summed E-state index contributed by atoms with van der Waals surface area (Å²) in [5, 5.41) is 7.71. The van der Waals surface area contributed by atoms with Crippen molar-refractivity contribution in [3.63, 3.8) is 0 Å². The first kappa shape index (κ1) is 15.6. The van der Waals surface area contributed by atoms with Gasteiger partial charge < -0.3 is 5.32 Å². The molecule has 0 atom stereocenters. The number of aromatic nitrogens is 1. The van der Waals surface area contributed by atoms with Crippen LogP contribution in [0.25, 0.3) is 0 Å². The molecule has 8 heteroatoms. The summed E-state index contributed by atoms with van der Waals surface area (Å²) >= 11 is 3.23. The zero-order valence-corrected chi connectivity index (χ0v) is 13.4. The molecule has 3 N–H and O–H groups in total. The molecule has 0 saturated heterocycles. The zero-order chi connectivity index (χ0) is 15.6. The van der Waals surface area contributed by atoms with Gasteiger partial charge in [-0.1, -0.05) is 6.07 Å². The van der Waals surface area contributed by atoms with Crippen LogP contribution in [-0.2, 0) is 10.0 Å². The number of carbonyl (C=O) groups excluding carboxylic acids is 1. The third kappa shape index (κ3) is 3.87. The van der Waals surface area contributed by atoms with Crippen LogP contribution < -0.4 is 10.5 Å². The lowest BCUT2D eigenvalue weighted by Gasteiger charge is -2.08. The van der Waals surface area contributed by atoms with E-state index in [0.29, 0.717) is 11.3 Å². The number of aryl methyl sites for hydroxylation is 1. The van der Waals surface area contributed by atoms with Crippen LogP contribution in [0.1, 0.15) is 16.1 Å². The smallest absolute Gasteiger partial charge is 0.274 e. The fourth-order valence-corrected chi connectivity index (χ4v) is 2.73. The largest absolute Gasteiger partial charge is 0.321 e. The average Bonchev–Trinajstić information content (AvgIpc) is 2.40. The van der Waals surface area contributed by atoms with E-state index in [9.17, 15) is 13.2 Å². The molecule has 6 nitrogen and oxygen atoms in total. The van der Waals surface area contributed by atoms with Crippen molar-refractivity contribution < 1.29 is 13.2 Å². The first-order valence-corrected chi connectivity index (χ1v) is 8.17. The van der Waals surface area contributed by atoms with Crippen LogP contribution in [0.3, 0.4) is 0 Å². The minimum Gasteiger partial charge on any atom is -0.321 e. The molecule has 2 aromatic rings. The Morgan fingerprint density at radius 2 is 2.00 bits per heavy atom. The van der Waals surface area contributed by atoms with Gasteiger partial charge in [-0.05, 0) is 52.7 Å². The molecule has 0 radical (unpaired) electrons. The minimum atomic E-state index is -3.84. The number of nitrogens with zero attached hydrogens (tertiary/aromatic N) is 1. The van der Waals surface area contributed by atoms with E-state index in [4.69, 9.17) is 5.14 Å². The molecule has 1 amide bonds. The number of sulfonamides is 1. The van der Waals surface area contributed by atoms with Crippen LogP contribution in [-0.4, -0.2) is 19.3 Å². The van der Waals surface area contributed by atoms with Crippen molar-refractivity contribution in [3.05, 3.63) is 52.3 Å². The molecule has 110 valence electrons. The highest BCUT2D eigenvalue weighted by Crippen LogP contribution is 2.19. The van der Waals surface area contributed by atoms with Crippen molar-refractivity contribution in [3.8, 4) is 0 Å². The Labute approximate surface area is 130 Å². The Balaban J connectivity index is 2.28. The summed E-state index contributed by atoms with van der Waals surface area (Å²) in [6.45, 7) is 1.63. The van der Waals surface area contributed by atoms with Gasteiger partial charge in [0.2, 0.25) is 10.0 Å². The quantitative estimate of drug-likeness (QED) is 0.863. The summed E-state index contributed by atoms with van der Waals surface area (Å²) in [4.78, 5) is 15.9. The minimum absolute atomic E-state index is 0.0240. The molecule has 1 heterocycles. The second-order valence-electron chi connectivity index (χ2n) is 4.34. The third-order valence-corrected chi connectivity index (χ3v) is 4.23. The summed E-state index contributed by atoms with van der Waals surface area (Å²) < 4.78 is 23.6. The highest BCUT2D eigenvalue weighted by Gasteiger charge is 2.14. The van der Waals surface area contributed by atoms with E-state index in [1.54, 1.807) is 31.2 Å². The number of nitrogens with one attached hydrogen (secondary N) is 1. The summed E-state index contributed by atoms with van der Waals surface area (Å²) in [7, 11) is -3.84. The van der Waals surface area contributed by atoms with Gasteiger partial charge in [-0.25, -0.2) is 18.5 Å². The summed E-state index contributed by atoms with van der Waals surface area (Å²) in [6.07, 6.45) is 1.50. The highest BCUT2D eigenvalue weighted by atomic mass is 79.9. The monoisotopic (exact) mass is 369 g/mol. The fourth-order valence-electron chi connectivity index (χ4n) is 1.69. The van der Waals surface area contributed by atoms with Gasteiger partial charge in [-0.3, -0.25) is 4.79 Å². The average molecular weight is 370 g/mol. The maximum atomic E-state index is 12.0. The number of hydrogen-bond donors (Lipinski definition) is 2. The van der Waals surface area contributed by atoms with E-state index in [1.807, 2.05) is 0 Å². The summed E-state index contributed by atoms with van der Waals surface area (Å²) in [6, 6.07) is 7.73. The molecule has 0 saturated carbocycles. The number of amides is 1. The van der Waals surface area contributed by atoms with Gasteiger partial charge in [0.05, 0.1) is 4.90 Å². The van der Waals surface area contributed by atoms with Crippen LogP contribution in [0.15, 0.2) is 45.9 Å². The number of hydrogen-bond acceptors (Lipinski definition) is 4. The normalized spacial score (nSPS) is 11.2. The van der Waals surface area contributed by atoms with Crippen molar-refractivity contribution in [2.45, 2.75) is 11.8 Å². The first-order chi connectivity index (χ1) is 9.77. The number of carbonyl (C=O) groups is 1. The van der Waals surface area contributed by atoms with Gasteiger partial charge in [0, 0.05) is 16.4 Å². The molecule has 0 aliphatic heterocycles. The van der Waals surface area contributed by atoms with Gasteiger partial charge in [-0.15, -0.1) is 0 Å². The van der Waals surface area contributed by atoms with Gasteiger partial charge in [-0.2, -0.15) is 0 Å². The van der Waals surface area contributed by atoms with E-state index in [1.165, 1.54) is 12.3 Å². The Bertz CT molecular complexity index is 789. The second kappa shape index (κ2) is 5.92. The van der Waals surface area contributed by atoms with E-state index < -0.39 is 15.9 Å². The molecule has 2 rings (SSSR count). The molecule has 0 unspecified atom stereocenters. The molecule has 0 aliphatic rings. The lowest BCUT2D eigenvalue weighted by Crippen LogP contribution is -2.16. The van der Waals surface area contributed by atoms with Gasteiger partial charge >= 0.3 is 0 Å². The number of primary sulfonamides is 1. The number of nitrogens with two attached hydrogens (primary N) is 1. The molecular weight excluding hydrogens is 358 g/mol. The molecule has 1 aromatic carbocycles. The molecule has 1 aromatic heterocycles. The number of rotatable bonds is 3. The fraction of sp³-hybridized carbons (Fsp3) is 0.0769. The van der Waals surface area contributed by atoms with Crippen LogP contribution in [0.5, 0.6) is 0 Å². The second-order valence-corrected chi connectivity index (χ2v) is 6.79. The predicted octanol–water partition coefficient (Wildman–Crippen LogP) is 2.05. The Kier molecular flexibility index (Phi) is 4.40. The van der Waals surface area contributed by atoms with Crippen molar-refractivity contribution in [2.75, 3.05) is 5.32 Å². The van der Waals surface area contributed by atoms with E-state index in [-0.39, 0.29) is 10.6 Å². The Morgan fingerprint density at radius 3 is 2.57 bits per heavy atom. The number of benzene rings is 1. The SMILES string of the molecule is Cc1ccc(NC(=O)c2ccc(Br)cn2)cc1S(N)(=O)=O. The van der Waals surface area contributed by atoms with E-state index in [0.717, 1.165) is 4.47 Å². The van der Waals surface area contributed by atoms with Crippen molar-refractivity contribution in [1.82, 2.24) is 4.98 Å². The highest BCUT2D eigenvalue weighted by molar-refractivity contribution is 9.10. The lowest BCUT2D eigenvalue weighted by atomic mass is 10.2. The molecule has 0 spiro atoms. The number of halogens is 1. The molecule has 0 fully saturated rings. The van der Waals surface area contributed by atoms with Crippen LogP contribution in [0, 0.1) is 6.92 Å². The zero-order valence-electron chi connectivity index (χ0n) is 11.0. The standard InChI is InChI=1S/C13H12BrN3O3S/c1-8-2-4-10(6-12(8)21(15,19)20)17-13(18)11-5-3-9(14)7-16-11/h2-7H,1H3,(H,17,18)(H2,15,19,20). The van der Waals surface area contributed by atoms with Gasteiger partial charge in [0.25, 0.3) is 5.91 Å². The maximum absolute atomic E-state index is 12.0. The molecule has 0 bridgehead atoms. The van der Waals surface area contributed by atoms with Crippen molar-refractivity contribution in [1.29, 1.82) is 0 Å². The number of anilines is 1.